The van der Waals surface area contributed by atoms with Crippen LogP contribution >= 0.6 is 0 Å². The van der Waals surface area contributed by atoms with E-state index in [1.807, 2.05) is 0 Å². The molecule has 0 N–H and O–H groups in total. The third-order valence-corrected chi connectivity index (χ3v) is 10.1. The van der Waals surface area contributed by atoms with E-state index >= 15 is 0 Å². The van der Waals surface area contributed by atoms with Crippen LogP contribution in [-0.4, -0.2) is 0 Å². The average Bonchev–Trinajstić information content (AvgIpc) is 3.17. The van der Waals surface area contributed by atoms with Gasteiger partial charge in [0, 0.05) is 34.1 Å². The topological polar surface area (TPSA) is 6.48 Å². The van der Waals surface area contributed by atoms with Gasteiger partial charge < -0.3 is 9.80 Å². The van der Waals surface area contributed by atoms with Gasteiger partial charge in [-0.3, -0.25) is 0 Å². The SMILES string of the molecule is Cc1c(N(c2ccccc2)c2ccc3c(c2)cc(C)c2cc(N(c4ccccc4)c4ccc5ccccc5c4)ccc23)ccc2ccccc12. The van der Waals surface area contributed by atoms with Gasteiger partial charge in [-0.2, -0.15) is 0 Å². The molecule has 0 aromatic heterocycles. The fourth-order valence-electron chi connectivity index (χ4n) is 7.60. The van der Waals surface area contributed by atoms with E-state index in [4.69, 9.17) is 0 Å². The van der Waals surface area contributed by atoms with E-state index in [9.17, 15) is 0 Å². The van der Waals surface area contributed by atoms with Gasteiger partial charge in [-0.1, -0.05) is 115 Å². The van der Waals surface area contributed by atoms with E-state index in [1.54, 1.807) is 0 Å². The summed E-state index contributed by atoms with van der Waals surface area (Å²) in [4.78, 5) is 4.76. The predicted molar refractivity (Wildman–Crippen MR) is 215 cm³/mol. The van der Waals surface area contributed by atoms with Crippen LogP contribution in [0.15, 0.2) is 182 Å². The predicted octanol–water partition coefficient (Wildman–Crippen LogP) is 13.9. The van der Waals surface area contributed by atoms with Crippen molar-refractivity contribution >= 4 is 77.2 Å². The van der Waals surface area contributed by atoms with Crippen LogP contribution in [0.25, 0.3) is 43.1 Å². The first kappa shape index (κ1) is 29.7. The molecule has 0 spiro atoms. The molecular weight excluding hydrogens is 605 g/mol. The van der Waals surface area contributed by atoms with Crippen LogP contribution in [0.1, 0.15) is 11.1 Å². The van der Waals surface area contributed by atoms with Gasteiger partial charge >= 0.3 is 0 Å². The number of anilines is 6. The Morgan fingerprint density at radius 2 is 0.840 bits per heavy atom. The molecule has 0 bridgehead atoms. The molecule has 0 saturated heterocycles. The summed E-state index contributed by atoms with van der Waals surface area (Å²) in [6, 6.07) is 66.0. The van der Waals surface area contributed by atoms with Crippen LogP contribution < -0.4 is 9.80 Å². The molecule has 2 nitrogen and oxygen atoms in total. The van der Waals surface area contributed by atoms with Crippen molar-refractivity contribution in [3.63, 3.8) is 0 Å². The van der Waals surface area contributed by atoms with Crippen molar-refractivity contribution in [1.29, 1.82) is 0 Å². The first-order chi connectivity index (χ1) is 24.6. The van der Waals surface area contributed by atoms with E-state index < -0.39 is 0 Å². The molecule has 0 amide bonds. The third-order valence-electron chi connectivity index (χ3n) is 10.1. The van der Waals surface area contributed by atoms with Crippen molar-refractivity contribution in [1.82, 2.24) is 0 Å². The number of nitrogens with zero attached hydrogens (tertiary/aromatic N) is 2. The summed E-state index contributed by atoms with van der Waals surface area (Å²) in [5, 5.41) is 10.0. The van der Waals surface area contributed by atoms with Crippen molar-refractivity contribution in [2.24, 2.45) is 0 Å². The Morgan fingerprint density at radius 3 is 1.60 bits per heavy atom. The summed E-state index contributed by atoms with van der Waals surface area (Å²) in [5.74, 6) is 0. The zero-order valence-corrected chi connectivity index (χ0v) is 28.2. The normalized spacial score (nSPS) is 11.4. The van der Waals surface area contributed by atoms with Crippen molar-refractivity contribution < 1.29 is 0 Å². The van der Waals surface area contributed by atoms with E-state index in [2.05, 4.69) is 206 Å². The largest absolute Gasteiger partial charge is 0.310 e. The Hall–Kier alpha value is -6.38. The highest BCUT2D eigenvalue weighted by Gasteiger charge is 2.18. The van der Waals surface area contributed by atoms with Gasteiger partial charge in [0.15, 0.2) is 0 Å². The smallest absolute Gasteiger partial charge is 0.0497 e. The summed E-state index contributed by atoms with van der Waals surface area (Å²) in [6.07, 6.45) is 0. The Morgan fingerprint density at radius 1 is 0.300 bits per heavy atom. The molecule has 9 aromatic rings. The lowest BCUT2D eigenvalue weighted by Crippen LogP contribution is -2.11. The zero-order chi connectivity index (χ0) is 33.6. The molecule has 2 heteroatoms. The third kappa shape index (κ3) is 5.14. The van der Waals surface area contributed by atoms with Crippen molar-refractivity contribution in [3.05, 3.63) is 193 Å². The maximum atomic E-state index is 2.39. The molecule has 9 aromatic carbocycles. The van der Waals surface area contributed by atoms with Crippen molar-refractivity contribution in [3.8, 4) is 0 Å². The van der Waals surface area contributed by atoms with Gasteiger partial charge in [0.05, 0.1) is 0 Å². The maximum Gasteiger partial charge on any atom is 0.0497 e. The van der Waals surface area contributed by atoms with Gasteiger partial charge in [0.25, 0.3) is 0 Å². The van der Waals surface area contributed by atoms with Crippen LogP contribution in [0.2, 0.25) is 0 Å². The molecule has 0 radical (unpaired) electrons. The number of hydrogen-bond acceptors (Lipinski definition) is 2. The number of benzene rings is 9. The molecule has 0 atom stereocenters. The van der Waals surface area contributed by atoms with E-state index in [-0.39, 0.29) is 0 Å². The first-order valence-corrected chi connectivity index (χ1v) is 17.3. The second kappa shape index (κ2) is 12.3. The Balaban J connectivity index is 1.18. The number of fused-ring (bicyclic) bond motifs is 5. The molecule has 0 unspecified atom stereocenters. The highest BCUT2D eigenvalue weighted by molar-refractivity contribution is 6.11. The van der Waals surface area contributed by atoms with Crippen LogP contribution in [0.5, 0.6) is 0 Å². The maximum absolute atomic E-state index is 2.39. The Kier molecular flexibility index (Phi) is 7.29. The van der Waals surface area contributed by atoms with E-state index in [0.29, 0.717) is 0 Å². The fourth-order valence-corrected chi connectivity index (χ4v) is 7.60. The van der Waals surface area contributed by atoms with Gasteiger partial charge in [0.2, 0.25) is 0 Å². The van der Waals surface area contributed by atoms with E-state index in [1.165, 1.54) is 59.9 Å². The highest BCUT2D eigenvalue weighted by Crippen LogP contribution is 2.43. The Bertz CT molecular complexity index is 2680. The molecule has 238 valence electrons. The van der Waals surface area contributed by atoms with Crippen LogP contribution in [0.4, 0.5) is 34.1 Å². The molecule has 0 aliphatic carbocycles. The number of para-hydroxylation sites is 2. The lowest BCUT2D eigenvalue weighted by atomic mass is 9.96. The summed E-state index contributed by atoms with van der Waals surface area (Å²) in [7, 11) is 0. The number of aryl methyl sites for hydroxylation is 2. The minimum Gasteiger partial charge on any atom is -0.310 e. The molecule has 0 heterocycles. The number of rotatable bonds is 6. The standard InChI is InChI=1S/C48H36N2/c1-33-29-38-31-42(50(40-18-7-4-8-19-40)48-28-22-36-14-11-12-20-44(36)34(48)2)24-26-45(38)46-27-25-43(32-47(33)46)49(39-16-5-3-6-17-39)41-23-21-35-13-9-10-15-37(35)30-41/h3-32H,1-2H3. The van der Waals surface area contributed by atoms with Crippen LogP contribution in [0, 0.1) is 13.8 Å². The summed E-state index contributed by atoms with van der Waals surface area (Å²) in [5.41, 5.74) is 9.41. The minimum absolute atomic E-state index is 1.13. The average molecular weight is 641 g/mol. The molecule has 0 fully saturated rings. The molecule has 0 aliphatic rings. The van der Waals surface area contributed by atoms with Crippen LogP contribution in [-0.2, 0) is 0 Å². The summed E-state index contributed by atoms with van der Waals surface area (Å²) < 4.78 is 0. The minimum atomic E-state index is 1.13. The first-order valence-electron chi connectivity index (χ1n) is 17.3. The van der Waals surface area contributed by atoms with E-state index in [0.717, 1.165) is 28.4 Å². The van der Waals surface area contributed by atoms with Gasteiger partial charge in [0.1, 0.15) is 0 Å². The Labute approximate surface area is 293 Å². The lowest BCUT2D eigenvalue weighted by Gasteiger charge is -2.28. The second-order valence-corrected chi connectivity index (χ2v) is 13.1. The molecule has 0 aliphatic heterocycles. The van der Waals surface area contributed by atoms with Gasteiger partial charge in [-0.15, -0.1) is 0 Å². The highest BCUT2D eigenvalue weighted by atomic mass is 15.1. The van der Waals surface area contributed by atoms with Crippen molar-refractivity contribution in [2.75, 3.05) is 9.80 Å². The van der Waals surface area contributed by atoms with Crippen LogP contribution in [0.3, 0.4) is 0 Å². The quantitative estimate of drug-likeness (QED) is 0.167. The van der Waals surface area contributed by atoms with Crippen molar-refractivity contribution in [2.45, 2.75) is 13.8 Å². The van der Waals surface area contributed by atoms with Gasteiger partial charge in [-0.05, 0) is 135 Å². The molecule has 9 rings (SSSR count). The second-order valence-electron chi connectivity index (χ2n) is 13.1. The van der Waals surface area contributed by atoms with Gasteiger partial charge in [-0.25, -0.2) is 0 Å². The monoisotopic (exact) mass is 640 g/mol. The molecular formula is C48H36N2. The lowest BCUT2D eigenvalue weighted by molar-refractivity contribution is 1.27. The molecule has 50 heavy (non-hydrogen) atoms. The summed E-state index contributed by atoms with van der Waals surface area (Å²) >= 11 is 0. The fraction of sp³-hybridized carbons (Fsp3) is 0.0417. The molecule has 0 saturated carbocycles. The number of hydrogen-bond donors (Lipinski definition) is 0. The zero-order valence-electron chi connectivity index (χ0n) is 28.2. The summed E-state index contributed by atoms with van der Waals surface area (Å²) in [6.45, 7) is 4.48.